The molecule has 192 valence electrons. The maximum absolute atomic E-state index is 12.8. The van der Waals surface area contributed by atoms with Crippen molar-refractivity contribution in [2.75, 3.05) is 6.61 Å². The maximum atomic E-state index is 12.8. The standard InChI is InChI=1S/C25H19BrCl2N2O7/c26-10-9-16-12-30(25(34)29-22(16)31)21-11-19(37-24(33)15-3-7-18(28)8-4-15)20(36-21)13-35-23(32)14-1-5-17(27)6-2-14/h1-10,12,19-21H,11,13H2,(H,29,31,34)/t19-,20+,21+/m0/s1. The zero-order chi connectivity index (χ0) is 26.5. The Labute approximate surface area is 228 Å². The highest BCUT2D eigenvalue weighted by Crippen LogP contribution is 2.31. The molecular formula is C25H19BrCl2N2O7. The van der Waals surface area contributed by atoms with E-state index in [1.54, 1.807) is 24.3 Å². The molecule has 12 heteroatoms. The van der Waals surface area contributed by atoms with Crippen molar-refractivity contribution >= 4 is 57.1 Å². The zero-order valence-electron chi connectivity index (χ0n) is 18.9. The highest BCUT2D eigenvalue weighted by atomic mass is 79.9. The molecule has 0 aliphatic carbocycles. The van der Waals surface area contributed by atoms with Gasteiger partial charge >= 0.3 is 17.6 Å². The molecule has 1 aliphatic rings. The van der Waals surface area contributed by atoms with E-state index in [4.69, 9.17) is 37.4 Å². The summed E-state index contributed by atoms with van der Waals surface area (Å²) < 4.78 is 18.2. The lowest BCUT2D eigenvalue weighted by Gasteiger charge is -2.19. The van der Waals surface area contributed by atoms with Crippen LogP contribution in [0.25, 0.3) is 6.08 Å². The average Bonchev–Trinajstić information content (AvgIpc) is 3.27. The summed E-state index contributed by atoms with van der Waals surface area (Å²) in [5.41, 5.74) is -0.544. The molecule has 0 bridgehead atoms. The van der Waals surface area contributed by atoms with Gasteiger partial charge in [0, 0.05) is 22.7 Å². The predicted molar refractivity (Wildman–Crippen MR) is 140 cm³/mol. The number of nitrogens with one attached hydrogen (secondary N) is 1. The molecule has 37 heavy (non-hydrogen) atoms. The number of hydrogen-bond donors (Lipinski definition) is 1. The van der Waals surface area contributed by atoms with Gasteiger partial charge in [0.25, 0.3) is 5.56 Å². The van der Waals surface area contributed by atoms with Crippen LogP contribution in [-0.4, -0.2) is 40.3 Å². The van der Waals surface area contributed by atoms with Crippen LogP contribution in [0.2, 0.25) is 10.0 Å². The number of rotatable bonds is 7. The summed E-state index contributed by atoms with van der Waals surface area (Å²) in [5, 5.41) is 0.923. The Kier molecular flexibility index (Phi) is 8.65. The van der Waals surface area contributed by atoms with E-state index in [9.17, 15) is 19.2 Å². The third kappa shape index (κ3) is 6.58. The number of carbonyl (C=O) groups is 2. The Hall–Kier alpha value is -3.18. The number of H-pyrrole nitrogens is 1. The minimum absolute atomic E-state index is 0.0614. The Balaban J connectivity index is 1.56. The molecule has 1 fully saturated rings. The Morgan fingerprint density at radius 1 is 1.03 bits per heavy atom. The molecule has 0 radical (unpaired) electrons. The molecule has 2 heterocycles. The number of hydrogen-bond acceptors (Lipinski definition) is 7. The first-order chi connectivity index (χ1) is 17.7. The second-order valence-corrected chi connectivity index (χ2v) is 9.37. The number of benzene rings is 2. The number of aromatic nitrogens is 2. The van der Waals surface area contributed by atoms with E-state index in [1.165, 1.54) is 46.1 Å². The third-order valence-electron chi connectivity index (χ3n) is 5.53. The Morgan fingerprint density at radius 3 is 2.22 bits per heavy atom. The molecule has 9 nitrogen and oxygen atoms in total. The van der Waals surface area contributed by atoms with Crippen LogP contribution in [0.5, 0.6) is 0 Å². The van der Waals surface area contributed by atoms with Crippen molar-refractivity contribution in [3.63, 3.8) is 0 Å². The minimum Gasteiger partial charge on any atom is -0.459 e. The van der Waals surface area contributed by atoms with Crippen LogP contribution in [0.4, 0.5) is 0 Å². The van der Waals surface area contributed by atoms with Crippen molar-refractivity contribution in [2.24, 2.45) is 0 Å². The van der Waals surface area contributed by atoms with Gasteiger partial charge in [-0.2, -0.15) is 0 Å². The summed E-state index contributed by atoms with van der Waals surface area (Å²) in [7, 11) is 0. The number of ether oxygens (including phenoxy) is 3. The van der Waals surface area contributed by atoms with E-state index in [2.05, 4.69) is 20.9 Å². The summed E-state index contributed by atoms with van der Waals surface area (Å²) in [6.07, 6.45) is 0.184. The predicted octanol–water partition coefficient (Wildman–Crippen LogP) is 4.58. The highest BCUT2D eigenvalue weighted by Gasteiger charge is 2.40. The summed E-state index contributed by atoms with van der Waals surface area (Å²) in [5.74, 6) is -1.27. The van der Waals surface area contributed by atoms with E-state index in [0.29, 0.717) is 10.0 Å². The van der Waals surface area contributed by atoms with Gasteiger partial charge in [-0.3, -0.25) is 14.3 Å². The van der Waals surface area contributed by atoms with E-state index >= 15 is 0 Å². The van der Waals surface area contributed by atoms with Crippen LogP contribution < -0.4 is 11.2 Å². The molecule has 2 aromatic carbocycles. The molecule has 0 unspecified atom stereocenters. The Morgan fingerprint density at radius 2 is 1.62 bits per heavy atom. The van der Waals surface area contributed by atoms with Gasteiger partial charge in [0.05, 0.1) is 16.7 Å². The quantitative estimate of drug-likeness (QED) is 0.390. The van der Waals surface area contributed by atoms with Gasteiger partial charge in [0.1, 0.15) is 25.0 Å². The van der Waals surface area contributed by atoms with Crippen LogP contribution in [0.3, 0.4) is 0 Å². The average molecular weight is 610 g/mol. The van der Waals surface area contributed by atoms with Crippen LogP contribution in [-0.2, 0) is 14.2 Å². The van der Waals surface area contributed by atoms with Crippen molar-refractivity contribution in [2.45, 2.75) is 24.9 Å². The first-order valence-electron chi connectivity index (χ1n) is 10.9. The van der Waals surface area contributed by atoms with E-state index in [-0.39, 0.29) is 29.7 Å². The smallest absolute Gasteiger partial charge is 0.338 e. The van der Waals surface area contributed by atoms with E-state index < -0.39 is 41.6 Å². The van der Waals surface area contributed by atoms with Gasteiger partial charge in [-0.05, 0) is 59.6 Å². The van der Waals surface area contributed by atoms with Gasteiger partial charge in [0.2, 0.25) is 0 Å². The van der Waals surface area contributed by atoms with Crippen LogP contribution in [0.15, 0.2) is 69.3 Å². The van der Waals surface area contributed by atoms with E-state index in [0.717, 1.165) is 0 Å². The first kappa shape index (κ1) is 26.9. The second kappa shape index (κ2) is 11.9. The highest BCUT2D eigenvalue weighted by molar-refractivity contribution is 9.11. The fourth-order valence-corrected chi connectivity index (χ4v) is 4.20. The fraction of sp³-hybridized carbons (Fsp3) is 0.200. The van der Waals surface area contributed by atoms with Crippen LogP contribution in [0, 0.1) is 0 Å². The lowest BCUT2D eigenvalue weighted by Crippen LogP contribution is -2.33. The molecule has 0 saturated carbocycles. The third-order valence-corrected chi connectivity index (χ3v) is 6.29. The minimum atomic E-state index is -0.908. The normalized spacial score (nSPS) is 19.2. The summed E-state index contributed by atoms with van der Waals surface area (Å²) >= 11 is 14.9. The number of nitrogens with zero attached hydrogens (tertiary/aromatic N) is 1. The lowest BCUT2D eigenvalue weighted by atomic mass is 10.1. The number of esters is 2. The van der Waals surface area contributed by atoms with Crippen molar-refractivity contribution in [1.29, 1.82) is 0 Å². The van der Waals surface area contributed by atoms with Crippen molar-refractivity contribution in [3.05, 3.63) is 107 Å². The molecule has 0 spiro atoms. The maximum Gasteiger partial charge on any atom is 0.338 e. The number of carbonyl (C=O) groups excluding carboxylic acids is 2. The molecule has 1 saturated heterocycles. The fourth-order valence-electron chi connectivity index (χ4n) is 3.67. The molecule has 3 atom stereocenters. The molecule has 1 aromatic heterocycles. The van der Waals surface area contributed by atoms with Crippen molar-refractivity contribution in [1.82, 2.24) is 9.55 Å². The van der Waals surface area contributed by atoms with Gasteiger partial charge in [-0.25, -0.2) is 14.4 Å². The van der Waals surface area contributed by atoms with Gasteiger partial charge in [-0.1, -0.05) is 39.1 Å². The number of aromatic amines is 1. The monoisotopic (exact) mass is 608 g/mol. The topological polar surface area (TPSA) is 117 Å². The van der Waals surface area contributed by atoms with Gasteiger partial charge in [0.15, 0.2) is 0 Å². The number of halogens is 3. The summed E-state index contributed by atoms with van der Waals surface area (Å²) in [6, 6.07) is 12.3. The SMILES string of the molecule is O=C(OC[C@H]1O[C@@H](n2cc(C=CBr)c(=O)[nH]c2=O)C[C@@H]1OC(=O)c1ccc(Cl)cc1)c1ccc(Cl)cc1. The summed E-state index contributed by atoms with van der Waals surface area (Å²) in [6.45, 7) is -0.261. The first-order valence-corrected chi connectivity index (χ1v) is 12.6. The Bertz CT molecular complexity index is 1440. The van der Waals surface area contributed by atoms with Crippen LogP contribution in [0.1, 0.15) is 38.9 Å². The lowest BCUT2D eigenvalue weighted by molar-refractivity contribution is -0.0582. The largest absolute Gasteiger partial charge is 0.459 e. The summed E-state index contributed by atoms with van der Waals surface area (Å²) in [4.78, 5) is 53.6. The van der Waals surface area contributed by atoms with Crippen LogP contribution >= 0.6 is 39.1 Å². The molecule has 3 aromatic rings. The molecule has 1 aliphatic heterocycles. The van der Waals surface area contributed by atoms with Gasteiger partial charge in [-0.15, -0.1) is 0 Å². The second-order valence-electron chi connectivity index (χ2n) is 7.96. The molecular weight excluding hydrogens is 591 g/mol. The van der Waals surface area contributed by atoms with Gasteiger partial charge < -0.3 is 14.2 Å². The molecule has 0 amide bonds. The van der Waals surface area contributed by atoms with Crippen molar-refractivity contribution < 1.29 is 23.8 Å². The van der Waals surface area contributed by atoms with Crippen molar-refractivity contribution in [3.8, 4) is 0 Å². The zero-order valence-corrected chi connectivity index (χ0v) is 22.0. The molecule has 4 rings (SSSR count). The molecule has 1 N–H and O–H groups in total. The van der Waals surface area contributed by atoms with E-state index in [1.807, 2.05) is 0 Å².